The number of imide groups is 1. The molecule has 0 unspecified atom stereocenters. The zero-order valence-electron chi connectivity index (χ0n) is 12.9. The van der Waals surface area contributed by atoms with Gasteiger partial charge in [0.05, 0.1) is 10.6 Å². The Bertz CT molecular complexity index is 841. The van der Waals surface area contributed by atoms with Crippen molar-refractivity contribution in [1.29, 1.82) is 0 Å². The maximum atomic E-state index is 13.0. The van der Waals surface area contributed by atoms with Crippen LogP contribution in [0.15, 0.2) is 71.2 Å². The summed E-state index contributed by atoms with van der Waals surface area (Å²) in [6, 6.07) is 15.0. The summed E-state index contributed by atoms with van der Waals surface area (Å²) in [7, 11) is 0. The smallest absolute Gasteiger partial charge is 0.268 e. The second-order valence-corrected chi connectivity index (χ2v) is 6.29. The van der Waals surface area contributed by atoms with E-state index < -0.39 is 11.7 Å². The summed E-state index contributed by atoms with van der Waals surface area (Å²) >= 11 is 0.884. The summed E-state index contributed by atoms with van der Waals surface area (Å²) in [5, 5.41) is -0.384. The first kappa shape index (κ1) is 16.2. The van der Waals surface area contributed by atoms with E-state index in [2.05, 4.69) is 0 Å². The van der Waals surface area contributed by atoms with Crippen LogP contribution >= 0.6 is 11.8 Å². The molecule has 0 saturated carbocycles. The van der Waals surface area contributed by atoms with Crippen molar-refractivity contribution in [2.24, 2.45) is 0 Å². The highest BCUT2D eigenvalue weighted by Crippen LogP contribution is 2.35. The number of nitrogens with zero attached hydrogens (tertiary/aromatic N) is 1. The molecule has 1 fully saturated rings. The van der Waals surface area contributed by atoms with Crippen molar-refractivity contribution in [3.63, 3.8) is 0 Å². The number of hydrogen-bond acceptors (Lipinski definition) is 3. The Morgan fingerprint density at radius 3 is 2.38 bits per heavy atom. The number of halogens is 1. The molecule has 0 radical (unpaired) electrons. The molecule has 1 saturated heterocycles. The number of benzene rings is 2. The Balaban J connectivity index is 1.85. The second-order valence-electron chi connectivity index (χ2n) is 5.29. The van der Waals surface area contributed by atoms with Crippen LogP contribution < -0.4 is 4.90 Å². The maximum absolute atomic E-state index is 13.0. The van der Waals surface area contributed by atoms with Gasteiger partial charge < -0.3 is 0 Å². The monoisotopic (exact) mass is 339 g/mol. The first-order valence-electron chi connectivity index (χ1n) is 7.31. The molecule has 2 amide bonds. The molecule has 0 bridgehead atoms. The van der Waals surface area contributed by atoms with Gasteiger partial charge in [-0.05, 0) is 60.2 Å². The van der Waals surface area contributed by atoms with Crippen LogP contribution in [0.4, 0.5) is 14.9 Å². The van der Waals surface area contributed by atoms with Crippen LogP contribution in [0.3, 0.4) is 0 Å². The van der Waals surface area contributed by atoms with Crippen LogP contribution in [0.2, 0.25) is 0 Å². The Labute approximate surface area is 143 Å². The number of carbonyl (C=O) groups is 2. The molecule has 1 aliphatic heterocycles. The Hall–Kier alpha value is -2.66. The fourth-order valence-corrected chi connectivity index (χ4v) is 3.23. The molecule has 0 N–H and O–H groups in total. The van der Waals surface area contributed by atoms with E-state index in [4.69, 9.17) is 0 Å². The molecule has 5 heteroatoms. The molecule has 120 valence electrons. The van der Waals surface area contributed by atoms with Gasteiger partial charge in [0.1, 0.15) is 5.82 Å². The van der Waals surface area contributed by atoms with E-state index >= 15 is 0 Å². The minimum atomic E-state index is -0.414. The quantitative estimate of drug-likeness (QED) is 0.738. The number of amides is 2. The van der Waals surface area contributed by atoms with Crippen LogP contribution in [0.1, 0.15) is 12.5 Å². The molecule has 0 aromatic heterocycles. The van der Waals surface area contributed by atoms with Gasteiger partial charge in [0.25, 0.3) is 11.1 Å². The fraction of sp³-hybridized carbons (Fsp3) is 0.0526. The van der Waals surface area contributed by atoms with Crippen molar-refractivity contribution in [2.45, 2.75) is 6.92 Å². The highest BCUT2D eigenvalue weighted by molar-refractivity contribution is 8.18. The minimum absolute atomic E-state index is 0.356. The summed E-state index contributed by atoms with van der Waals surface area (Å²) in [5.41, 5.74) is 2.25. The lowest BCUT2D eigenvalue weighted by molar-refractivity contribution is -0.113. The SMILES string of the molecule is CC(/C=C1\SC(=O)N(c2ccc(F)cc2)C1=O)=C\c1ccccc1. The van der Waals surface area contributed by atoms with Crippen molar-refractivity contribution >= 4 is 34.7 Å². The lowest BCUT2D eigenvalue weighted by Crippen LogP contribution is -2.27. The van der Waals surface area contributed by atoms with E-state index in [1.807, 2.05) is 43.3 Å². The number of allylic oxidation sites excluding steroid dienone is 2. The standard InChI is InChI=1S/C19H14FNO2S/c1-13(11-14-5-3-2-4-6-14)12-17-18(22)21(19(23)24-17)16-9-7-15(20)8-10-16/h2-12H,1H3/b13-11+,17-12-. The molecule has 0 aliphatic carbocycles. The summed E-state index contributed by atoms with van der Waals surface area (Å²) in [4.78, 5) is 26.0. The predicted molar refractivity (Wildman–Crippen MR) is 95.0 cm³/mol. The van der Waals surface area contributed by atoms with Crippen LogP contribution in [0.25, 0.3) is 6.08 Å². The molecule has 1 heterocycles. The normalized spacial score (nSPS) is 17.0. The van der Waals surface area contributed by atoms with Crippen LogP contribution in [0, 0.1) is 5.82 Å². The Kier molecular flexibility index (Phi) is 4.62. The maximum Gasteiger partial charge on any atom is 0.298 e. The van der Waals surface area contributed by atoms with Crippen LogP contribution in [-0.2, 0) is 4.79 Å². The molecular formula is C19H14FNO2S. The third kappa shape index (κ3) is 3.46. The van der Waals surface area contributed by atoms with Gasteiger partial charge in [0, 0.05) is 0 Å². The van der Waals surface area contributed by atoms with Crippen molar-refractivity contribution in [3.8, 4) is 0 Å². The molecule has 1 aliphatic rings. The molecule has 3 rings (SSSR count). The largest absolute Gasteiger partial charge is 0.298 e. The zero-order valence-corrected chi connectivity index (χ0v) is 13.7. The molecule has 3 nitrogen and oxygen atoms in total. The lowest BCUT2D eigenvalue weighted by Gasteiger charge is -2.11. The predicted octanol–water partition coefficient (Wildman–Crippen LogP) is 5.01. The topological polar surface area (TPSA) is 37.4 Å². The third-order valence-corrected chi connectivity index (χ3v) is 4.30. The van der Waals surface area contributed by atoms with Gasteiger partial charge in [-0.3, -0.25) is 9.59 Å². The fourth-order valence-electron chi connectivity index (χ4n) is 2.34. The van der Waals surface area contributed by atoms with Gasteiger partial charge in [0.15, 0.2) is 0 Å². The van der Waals surface area contributed by atoms with Crippen LogP contribution in [-0.4, -0.2) is 11.1 Å². The first-order chi connectivity index (χ1) is 11.5. The number of thioether (sulfide) groups is 1. The average Bonchev–Trinajstić information content (AvgIpc) is 2.83. The van der Waals surface area contributed by atoms with E-state index in [0.717, 1.165) is 27.8 Å². The molecular weight excluding hydrogens is 325 g/mol. The number of carbonyl (C=O) groups excluding carboxylic acids is 2. The molecule has 2 aromatic rings. The van der Waals surface area contributed by atoms with Crippen molar-refractivity contribution in [2.75, 3.05) is 4.90 Å². The lowest BCUT2D eigenvalue weighted by atomic mass is 10.1. The van der Waals surface area contributed by atoms with E-state index in [1.54, 1.807) is 6.08 Å². The minimum Gasteiger partial charge on any atom is -0.268 e. The van der Waals surface area contributed by atoms with Crippen molar-refractivity contribution < 1.29 is 14.0 Å². The first-order valence-corrected chi connectivity index (χ1v) is 8.13. The average molecular weight is 339 g/mol. The van der Waals surface area contributed by atoms with Gasteiger partial charge in [0.2, 0.25) is 0 Å². The third-order valence-electron chi connectivity index (χ3n) is 3.43. The van der Waals surface area contributed by atoms with Gasteiger partial charge in [-0.15, -0.1) is 0 Å². The molecule has 0 atom stereocenters. The van der Waals surface area contributed by atoms with Gasteiger partial charge in [-0.2, -0.15) is 0 Å². The number of anilines is 1. The van der Waals surface area contributed by atoms with E-state index in [1.165, 1.54) is 24.3 Å². The van der Waals surface area contributed by atoms with Crippen LogP contribution in [0.5, 0.6) is 0 Å². The summed E-state index contributed by atoms with van der Waals surface area (Å²) in [6.45, 7) is 1.87. The van der Waals surface area contributed by atoms with Gasteiger partial charge >= 0.3 is 0 Å². The number of hydrogen-bond donors (Lipinski definition) is 0. The van der Waals surface area contributed by atoms with Crippen molar-refractivity contribution in [3.05, 3.63) is 82.5 Å². The highest BCUT2D eigenvalue weighted by atomic mass is 32.2. The summed E-state index contributed by atoms with van der Waals surface area (Å²) < 4.78 is 13.0. The summed E-state index contributed by atoms with van der Waals surface area (Å²) in [6.07, 6.45) is 3.63. The molecule has 2 aromatic carbocycles. The molecule has 24 heavy (non-hydrogen) atoms. The van der Waals surface area contributed by atoms with Gasteiger partial charge in [-0.25, -0.2) is 9.29 Å². The molecule has 0 spiro atoms. The van der Waals surface area contributed by atoms with Crippen molar-refractivity contribution in [1.82, 2.24) is 0 Å². The van der Waals surface area contributed by atoms with E-state index in [0.29, 0.717) is 10.6 Å². The van der Waals surface area contributed by atoms with E-state index in [9.17, 15) is 14.0 Å². The zero-order chi connectivity index (χ0) is 17.1. The van der Waals surface area contributed by atoms with Gasteiger partial charge in [-0.1, -0.05) is 36.4 Å². The second kappa shape index (κ2) is 6.84. The highest BCUT2D eigenvalue weighted by Gasteiger charge is 2.36. The Morgan fingerprint density at radius 2 is 1.71 bits per heavy atom. The van der Waals surface area contributed by atoms with E-state index in [-0.39, 0.29) is 5.24 Å². The Morgan fingerprint density at radius 1 is 1.04 bits per heavy atom. The summed E-state index contributed by atoms with van der Waals surface area (Å²) in [5.74, 6) is -0.805. The number of rotatable bonds is 3.